The summed E-state index contributed by atoms with van der Waals surface area (Å²) < 4.78 is 15.8. The summed E-state index contributed by atoms with van der Waals surface area (Å²) in [4.78, 5) is 31.8. The Morgan fingerprint density at radius 1 is 0.912 bits per heavy atom. The summed E-state index contributed by atoms with van der Waals surface area (Å²) in [5, 5.41) is 11.2. The Hall–Kier alpha value is -4.33. The molecule has 1 saturated heterocycles. The average molecular weight is 460 g/mol. The van der Waals surface area contributed by atoms with Gasteiger partial charge in [-0.2, -0.15) is 0 Å². The third kappa shape index (κ3) is 4.17. The smallest absolute Gasteiger partial charge is 0.295 e. The lowest BCUT2D eigenvalue weighted by molar-refractivity contribution is -0.140. The number of hydrogen-bond donors (Lipinski definition) is 1. The largest absolute Gasteiger partial charge is 0.507 e. The Kier molecular flexibility index (Phi) is 6.49. The van der Waals surface area contributed by atoms with Gasteiger partial charge in [0.25, 0.3) is 11.7 Å². The van der Waals surface area contributed by atoms with E-state index in [1.54, 1.807) is 62.0 Å². The fourth-order valence-corrected chi connectivity index (χ4v) is 4.00. The molecule has 3 aromatic rings. The lowest BCUT2D eigenvalue weighted by Gasteiger charge is -2.25. The van der Waals surface area contributed by atoms with Crippen LogP contribution in [0.25, 0.3) is 5.76 Å². The van der Waals surface area contributed by atoms with Gasteiger partial charge < -0.3 is 24.2 Å². The molecular formula is C26H24N2O6. The second-order valence-electron chi connectivity index (χ2n) is 7.63. The normalized spacial score (nSPS) is 17.0. The summed E-state index contributed by atoms with van der Waals surface area (Å²) in [6, 6.07) is 14.7. The van der Waals surface area contributed by atoms with Gasteiger partial charge in [0.05, 0.1) is 32.9 Å². The minimum atomic E-state index is -0.793. The molecular weight excluding hydrogens is 436 g/mol. The van der Waals surface area contributed by atoms with E-state index in [4.69, 9.17) is 14.2 Å². The van der Waals surface area contributed by atoms with Gasteiger partial charge >= 0.3 is 0 Å². The van der Waals surface area contributed by atoms with Crippen molar-refractivity contribution in [2.75, 3.05) is 21.3 Å². The molecule has 1 aromatic heterocycles. The first-order valence-electron chi connectivity index (χ1n) is 10.5. The van der Waals surface area contributed by atoms with E-state index in [9.17, 15) is 14.7 Å². The molecule has 1 fully saturated rings. The van der Waals surface area contributed by atoms with Gasteiger partial charge in [-0.3, -0.25) is 14.6 Å². The highest BCUT2D eigenvalue weighted by atomic mass is 16.5. The summed E-state index contributed by atoms with van der Waals surface area (Å²) in [6.45, 7) is 0.171. The molecule has 0 radical (unpaired) electrons. The number of carbonyl (C=O) groups excluding carboxylic acids is 2. The molecule has 34 heavy (non-hydrogen) atoms. The second-order valence-corrected chi connectivity index (χ2v) is 7.63. The van der Waals surface area contributed by atoms with Gasteiger partial charge in [-0.1, -0.05) is 12.1 Å². The molecule has 1 aliphatic heterocycles. The highest BCUT2D eigenvalue weighted by Gasteiger charge is 2.46. The average Bonchev–Trinajstić information content (AvgIpc) is 3.13. The first-order chi connectivity index (χ1) is 16.5. The molecule has 1 aliphatic rings. The van der Waals surface area contributed by atoms with Gasteiger partial charge in [-0.05, 0) is 53.6 Å². The van der Waals surface area contributed by atoms with E-state index in [0.717, 1.165) is 5.56 Å². The second kappa shape index (κ2) is 9.66. The molecule has 0 bridgehead atoms. The number of carbonyl (C=O) groups is 2. The molecule has 0 saturated carbocycles. The number of ether oxygens (including phenoxy) is 3. The Morgan fingerprint density at radius 2 is 1.59 bits per heavy atom. The van der Waals surface area contributed by atoms with E-state index in [1.165, 1.54) is 19.1 Å². The van der Waals surface area contributed by atoms with Crippen molar-refractivity contribution in [2.45, 2.75) is 12.6 Å². The van der Waals surface area contributed by atoms with E-state index in [2.05, 4.69) is 4.98 Å². The van der Waals surface area contributed by atoms with Crippen LogP contribution in [0.5, 0.6) is 17.2 Å². The standard InChI is InChI=1S/C26H24N2O6/c1-32-19-7-4-16(5-8-19)15-28-23(17-10-12-27-13-11-17)22(25(30)26(28)31)24(29)18-6-9-20(33-2)21(14-18)34-3/h4-14,23,29H,15H2,1-3H3/b24-22-. The van der Waals surface area contributed by atoms with Gasteiger partial charge in [0.2, 0.25) is 0 Å². The van der Waals surface area contributed by atoms with Crippen LogP contribution in [-0.2, 0) is 16.1 Å². The van der Waals surface area contributed by atoms with Crippen LogP contribution in [-0.4, -0.2) is 48.0 Å². The summed E-state index contributed by atoms with van der Waals surface area (Å²) in [5.74, 6) is -0.199. The summed E-state index contributed by atoms with van der Waals surface area (Å²) >= 11 is 0. The molecule has 1 amide bonds. The third-order valence-corrected chi connectivity index (χ3v) is 5.73. The first-order valence-corrected chi connectivity index (χ1v) is 10.5. The van der Waals surface area contributed by atoms with Crippen molar-refractivity contribution >= 4 is 17.4 Å². The summed E-state index contributed by atoms with van der Waals surface area (Å²) in [7, 11) is 4.56. The quantitative estimate of drug-likeness (QED) is 0.326. The zero-order valence-corrected chi connectivity index (χ0v) is 19.0. The van der Waals surface area contributed by atoms with Gasteiger partial charge in [0.15, 0.2) is 11.5 Å². The predicted octanol–water partition coefficient (Wildman–Crippen LogP) is 3.73. The summed E-state index contributed by atoms with van der Waals surface area (Å²) in [5.41, 5.74) is 1.80. The Morgan fingerprint density at radius 3 is 2.21 bits per heavy atom. The maximum absolute atomic E-state index is 13.2. The Labute approximate surface area is 197 Å². The van der Waals surface area contributed by atoms with Crippen molar-refractivity contribution in [3.8, 4) is 17.2 Å². The Bertz CT molecular complexity index is 1240. The van der Waals surface area contributed by atoms with Crippen molar-refractivity contribution in [3.63, 3.8) is 0 Å². The van der Waals surface area contributed by atoms with Crippen LogP contribution in [0.3, 0.4) is 0 Å². The number of amides is 1. The van der Waals surface area contributed by atoms with Gasteiger partial charge in [0, 0.05) is 24.5 Å². The number of Topliss-reactive ketones (excluding diaryl/α,β-unsaturated/α-hetero) is 1. The predicted molar refractivity (Wildman–Crippen MR) is 125 cm³/mol. The van der Waals surface area contributed by atoms with Crippen LogP contribution in [0, 0.1) is 0 Å². The number of aliphatic hydroxyl groups is 1. The van der Waals surface area contributed by atoms with Crippen LogP contribution < -0.4 is 14.2 Å². The number of likely N-dealkylation sites (tertiary alicyclic amines) is 1. The SMILES string of the molecule is COc1ccc(CN2C(=O)C(=O)/C(=C(\O)c3ccc(OC)c(OC)c3)C2c2ccncc2)cc1. The minimum absolute atomic E-state index is 0.00284. The van der Waals surface area contributed by atoms with Crippen LogP contribution in [0.15, 0.2) is 72.6 Å². The van der Waals surface area contributed by atoms with E-state index in [0.29, 0.717) is 28.4 Å². The van der Waals surface area contributed by atoms with Crippen molar-refractivity contribution in [2.24, 2.45) is 0 Å². The van der Waals surface area contributed by atoms with Crippen LogP contribution in [0.1, 0.15) is 22.7 Å². The molecule has 1 atom stereocenters. The molecule has 2 heterocycles. The van der Waals surface area contributed by atoms with Crippen molar-refractivity contribution in [1.29, 1.82) is 0 Å². The highest BCUT2D eigenvalue weighted by Crippen LogP contribution is 2.41. The molecule has 0 spiro atoms. The number of hydrogen-bond acceptors (Lipinski definition) is 7. The van der Waals surface area contributed by atoms with E-state index in [-0.39, 0.29) is 17.9 Å². The fraction of sp³-hybridized carbons (Fsp3) is 0.192. The van der Waals surface area contributed by atoms with Crippen molar-refractivity contribution in [3.05, 3.63) is 89.3 Å². The molecule has 0 aliphatic carbocycles. The van der Waals surface area contributed by atoms with Crippen LogP contribution in [0.2, 0.25) is 0 Å². The lowest BCUT2D eigenvalue weighted by Crippen LogP contribution is -2.29. The van der Waals surface area contributed by atoms with Crippen LogP contribution in [0.4, 0.5) is 0 Å². The highest BCUT2D eigenvalue weighted by molar-refractivity contribution is 6.46. The number of nitrogens with zero attached hydrogens (tertiary/aromatic N) is 2. The van der Waals surface area contributed by atoms with E-state index < -0.39 is 17.7 Å². The van der Waals surface area contributed by atoms with Gasteiger partial charge in [-0.15, -0.1) is 0 Å². The molecule has 2 aromatic carbocycles. The lowest BCUT2D eigenvalue weighted by atomic mass is 9.95. The topological polar surface area (TPSA) is 98.2 Å². The monoisotopic (exact) mass is 460 g/mol. The maximum Gasteiger partial charge on any atom is 0.295 e. The number of ketones is 1. The van der Waals surface area contributed by atoms with Crippen molar-refractivity contribution < 1.29 is 28.9 Å². The number of aliphatic hydroxyl groups excluding tert-OH is 1. The molecule has 8 heteroatoms. The van der Waals surface area contributed by atoms with Crippen molar-refractivity contribution in [1.82, 2.24) is 9.88 Å². The first kappa shape index (κ1) is 22.8. The maximum atomic E-state index is 13.2. The molecule has 174 valence electrons. The number of methoxy groups -OCH3 is 3. The number of pyridine rings is 1. The van der Waals surface area contributed by atoms with E-state index >= 15 is 0 Å². The molecule has 8 nitrogen and oxygen atoms in total. The Balaban J connectivity index is 1.82. The number of benzene rings is 2. The minimum Gasteiger partial charge on any atom is -0.507 e. The molecule has 4 rings (SSSR count). The summed E-state index contributed by atoms with van der Waals surface area (Å²) in [6.07, 6.45) is 3.17. The van der Waals surface area contributed by atoms with Gasteiger partial charge in [-0.25, -0.2) is 0 Å². The number of aromatic nitrogens is 1. The number of rotatable bonds is 7. The van der Waals surface area contributed by atoms with E-state index in [1.807, 2.05) is 12.1 Å². The third-order valence-electron chi connectivity index (χ3n) is 5.73. The molecule has 1 N–H and O–H groups in total. The zero-order valence-electron chi connectivity index (χ0n) is 19.0. The molecule has 1 unspecified atom stereocenters. The van der Waals surface area contributed by atoms with Crippen LogP contribution >= 0.6 is 0 Å². The van der Waals surface area contributed by atoms with Gasteiger partial charge in [0.1, 0.15) is 11.5 Å². The zero-order chi connectivity index (χ0) is 24.2. The fourth-order valence-electron chi connectivity index (χ4n) is 4.00.